The highest BCUT2D eigenvalue weighted by atomic mass is 79.9. The summed E-state index contributed by atoms with van der Waals surface area (Å²) in [5.41, 5.74) is 1.60. The van der Waals surface area contributed by atoms with Crippen LogP contribution >= 0.6 is 15.9 Å². The Kier molecular flexibility index (Phi) is 3.06. The minimum Gasteiger partial charge on any atom is -0.480 e. The number of hydrogen-bond donors (Lipinski definition) is 2. The van der Waals surface area contributed by atoms with E-state index in [1.54, 1.807) is 12.1 Å². The first-order chi connectivity index (χ1) is 8.00. The van der Waals surface area contributed by atoms with Crippen LogP contribution in [-0.2, 0) is 4.79 Å². The van der Waals surface area contributed by atoms with E-state index in [4.69, 9.17) is 5.11 Å². The van der Waals surface area contributed by atoms with Gasteiger partial charge in [0.2, 0.25) is 0 Å². The molecule has 2 N–H and O–H groups in total. The van der Waals surface area contributed by atoms with Crippen LogP contribution in [0.1, 0.15) is 5.56 Å². The molecule has 2 amide bonds. The third-order valence-electron chi connectivity index (χ3n) is 2.70. The van der Waals surface area contributed by atoms with Crippen molar-refractivity contribution in [3.63, 3.8) is 0 Å². The summed E-state index contributed by atoms with van der Waals surface area (Å²) in [4.78, 5) is 23.9. The van der Waals surface area contributed by atoms with Gasteiger partial charge in [-0.3, -0.25) is 4.90 Å². The lowest BCUT2D eigenvalue weighted by atomic mass is 10.2. The van der Waals surface area contributed by atoms with Gasteiger partial charge in [-0.2, -0.15) is 0 Å². The van der Waals surface area contributed by atoms with Crippen LogP contribution in [-0.4, -0.2) is 29.7 Å². The van der Waals surface area contributed by atoms with Gasteiger partial charge >= 0.3 is 12.0 Å². The van der Waals surface area contributed by atoms with Crippen molar-refractivity contribution in [3.8, 4) is 0 Å². The van der Waals surface area contributed by atoms with Gasteiger partial charge in [0, 0.05) is 10.2 Å². The Bertz CT molecular complexity index is 490. The molecule has 0 aliphatic carbocycles. The quantitative estimate of drug-likeness (QED) is 0.874. The van der Waals surface area contributed by atoms with Crippen molar-refractivity contribution in [2.24, 2.45) is 0 Å². The molecule has 17 heavy (non-hydrogen) atoms. The van der Waals surface area contributed by atoms with Gasteiger partial charge in [0.05, 0.1) is 6.54 Å². The maximum Gasteiger partial charge on any atom is 0.328 e. The molecular weight excluding hydrogens is 288 g/mol. The molecule has 0 saturated carbocycles. The number of aryl methyl sites for hydroxylation is 1. The fraction of sp³-hybridized carbons (Fsp3) is 0.273. The number of nitrogens with one attached hydrogen (secondary N) is 1. The molecule has 2 rings (SSSR count). The van der Waals surface area contributed by atoms with Crippen molar-refractivity contribution in [3.05, 3.63) is 28.2 Å². The van der Waals surface area contributed by atoms with E-state index < -0.39 is 12.0 Å². The number of hydrogen-bond acceptors (Lipinski definition) is 2. The molecule has 1 fully saturated rings. The summed E-state index contributed by atoms with van der Waals surface area (Å²) in [6.45, 7) is 2.05. The first-order valence-electron chi connectivity index (χ1n) is 5.06. The van der Waals surface area contributed by atoms with Crippen LogP contribution in [0.25, 0.3) is 0 Å². The Morgan fingerprint density at radius 2 is 2.29 bits per heavy atom. The maximum absolute atomic E-state index is 11.6. The van der Waals surface area contributed by atoms with E-state index in [1.165, 1.54) is 4.90 Å². The van der Waals surface area contributed by atoms with Crippen LogP contribution in [0.4, 0.5) is 10.5 Å². The maximum atomic E-state index is 11.6. The average Bonchev–Trinajstić information content (AvgIpc) is 2.64. The standard InChI is InChI=1S/C11H11BrN2O3/c1-6-2-3-7(4-8(6)12)14-9(10(15)16)5-13-11(14)17/h2-4,9H,5H2,1H3,(H,13,17)(H,15,16). The molecule has 1 aliphatic heterocycles. The Morgan fingerprint density at radius 3 is 2.88 bits per heavy atom. The van der Waals surface area contributed by atoms with Crippen molar-refractivity contribution >= 4 is 33.6 Å². The molecule has 1 heterocycles. The second-order valence-electron chi connectivity index (χ2n) is 3.84. The number of halogens is 1. The molecule has 6 heteroatoms. The fourth-order valence-electron chi connectivity index (χ4n) is 1.73. The van der Waals surface area contributed by atoms with Crippen LogP contribution in [0, 0.1) is 6.92 Å². The lowest BCUT2D eigenvalue weighted by Gasteiger charge is -2.20. The predicted octanol–water partition coefficient (Wildman–Crippen LogP) is 1.74. The van der Waals surface area contributed by atoms with E-state index in [0.717, 1.165) is 10.0 Å². The molecule has 90 valence electrons. The van der Waals surface area contributed by atoms with Gasteiger partial charge in [0.1, 0.15) is 0 Å². The van der Waals surface area contributed by atoms with Crippen molar-refractivity contribution < 1.29 is 14.7 Å². The number of carbonyl (C=O) groups is 2. The minimum absolute atomic E-state index is 0.125. The van der Waals surface area contributed by atoms with Gasteiger partial charge in [-0.25, -0.2) is 9.59 Å². The monoisotopic (exact) mass is 298 g/mol. The molecule has 1 aromatic carbocycles. The first-order valence-corrected chi connectivity index (χ1v) is 5.86. The topological polar surface area (TPSA) is 69.6 Å². The molecule has 1 aliphatic rings. The lowest BCUT2D eigenvalue weighted by Crippen LogP contribution is -2.39. The van der Waals surface area contributed by atoms with E-state index >= 15 is 0 Å². The second kappa shape index (κ2) is 4.37. The molecule has 1 saturated heterocycles. The van der Waals surface area contributed by atoms with E-state index in [9.17, 15) is 9.59 Å². The van der Waals surface area contributed by atoms with Gasteiger partial charge < -0.3 is 10.4 Å². The minimum atomic E-state index is -1.01. The number of amides is 2. The summed E-state index contributed by atoms with van der Waals surface area (Å²) in [6.07, 6.45) is 0. The zero-order valence-corrected chi connectivity index (χ0v) is 10.7. The van der Waals surface area contributed by atoms with Gasteiger partial charge in [-0.05, 0) is 24.6 Å². The molecule has 5 nitrogen and oxygen atoms in total. The molecule has 1 atom stereocenters. The molecule has 0 spiro atoms. The zero-order chi connectivity index (χ0) is 12.6. The number of carboxylic acids is 1. The summed E-state index contributed by atoms with van der Waals surface area (Å²) in [5, 5.41) is 11.6. The molecular formula is C11H11BrN2O3. The second-order valence-corrected chi connectivity index (χ2v) is 4.70. The average molecular weight is 299 g/mol. The molecule has 0 aromatic heterocycles. The molecule has 0 bridgehead atoms. The molecule has 0 radical (unpaired) electrons. The number of nitrogens with zero attached hydrogens (tertiary/aromatic N) is 1. The number of aliphatic carboxylic acids is 1. The van der Waals surface area contributed by atoms with Crippen molar-refractivity contribution in [1.29, 1.82) is 0 Å². The van der Waals surface area contributed by atoms with E-state index in [2.05, 4.69) is 21.2 Å². The largest absolute Gasteiger partial charge is 0.480 e. The summed E-state index contributed by atoms with van der Waals surface area (Å²) in [6, 6.07) is 4.09. The highest BCUT2D eigenvalue weighted by Crippen LogP contribution is 2.26. The zero-order valence-electron chi connectivity index (χ0n) is 9.11. The predicted molar refractivity (Wildman–Crippen MR) is 66.2 cm³/mol. The van der Waals surface area contributed by atoms with Gasteiger partial charge in [0.25, 0.3) is 0 Å². The van der Waals surface area contributed by atoms with Gasteiger partial charge in [-0.15, -0.1) is 0 Å². The van der Waals surface area contributed by atoms with Crippen LogP contribution in [0.3, 0.4) is 0 Å². The number of anilines is 1. The van der Waals surface area contributed by atoms with Gasteiger partial charge in [-0.1, -0.05) is 22.0 Å². The van der Waals surface area contributed by atoms with Gasteiger partial charge in [0.15, 0.2) is 6.04 Å². The van der Waals surface area contributed by atoms with Crippen molar-refractivity contribution in [2.75, 3.05) is 11.4 Å². The van der Waals surface area contributed by atoms with Crippen LogP contribution in [0.5, 0.6) is 0 Å². The first kappa shape index (κ1) is 11.9. The SMILES string of the molecule is Cc1ccc(N2C(=O)NCC2C(=O)O)cc1Br. The van der Waals surface area contributed by atoms with Crippen molar-refractivity contribution in [2.45, 2.75) is 13.0 Å². The number of benzene rings is 1. The van der Waals surface area contributed by atoms with Crippen LogP contribution in [0.15, 0.2) is 22.7 Å². The van der Waals surface area contributed by atoms with Crippen LogP contribution < -0.4 is 10.2 Å². The van der Waals surface area contributed by atoms with E-state index in [0.29, 0.717) is 5.69 Å². The van der Waals surface area contributed by atoms with Crippen molar-refractivity contribution in [1.82, 2.24) is 5.32 Å². The Balaban J connectivity index is 2.39. The lowest BCUT2D eigenvalue weighted by molar-refractivity contribution is -0.137. The van der Waals surface area contributed by atoms with Crippen LogP contribution in [0.2, 0.25) is 0 Å². The fourth-order valence-corrected chi connectivity index (χ4v) is 2.10. The number of rotatable bonds is 2. The summed E-state index contributed by atoms with van der Waals surface area (Å²) in [5.74, 6) is -1.01. The third-order valence-corrected chi connectivity index (χ3v) is 3.55. The molecule has 1 unspecified atom stereocenters. The number of carboxylic acid groups (broad SMARTS) is 1. The smallest absolute Gasteiger partial charge is 0.328 e. The highest BCUT2D eigenvalue weighted by molar-refractivity contribution is 9.10. The Labute approximate surface area is 107 Å². The number of carbonyl (C=O) groups excluding carboxylic acids is 1. The third kappa shape index (κ3) is 2.12. The Morgan fingerprint density at radius 1 is 1.59 bits per heavy atom. The summed E-state index contributed by atoms with van der Waals surface area (Å²) >= 11 is 3.36. The van der Waals surface area contributed by atoms with E-state index in [-0.39, 0.29) is 12.6 Å². The number of urea groups is 1. The summed E-state index contributed by atoms with van der Waals surface area (Å²) in [7, 11) is 0. The van der Waals surface area contributed by atoms with E-state index in [1.807, 2.05) is 13.0 Å². The highest BCUT2D eigenvalue weighted by Gasteiger charge is 2.37. The normalized spacial score (nSPS) is 19.3. The Hall–Kier alpha value is -1.56. The summed E-state index contributed by atoms with van der Waals surface area (Å²) < 4.78 is 0.846. The molecule has 1 aromatic rings.